The predicted octanol–water partition coefficient (Wildman–Crippen LogP) is 4.55. The first-order valence-electron chi connectivity index (χ1n) is 8.29. The Morgan fingerprint density at radius 3 is 2.15 bits per heavy atom. The minimum Gasteiger partial charge on any atom is -0.508 e. The lowest BCUT2D eigenvalue weighted by atomic mass is 9.89. The van der Waals surface area contributed by atoms with Gasteiger partial charge in [-0.1, -0.05) is 18.2 Å². The summed E-state index contributed by atoms with van der Waals surface area (Å²) in [6, 6.07) is 20.1. The van der Waals surface area contributed by atoms with Crippen molar-refractivity contribution >= 4 is 11.3 Å². The van der Waals surface area contributed by atoms with Crippen LogP contribution in [0.25, 0.3) is 11.3 Å². The van der Waals surface area contributed by atoms with E-state index in [9.17, 15) is 10.2 Å². The molecule has 1 aliphatic heterocycles. The summed E-state index contributed by atoms with van der Waals surface area (Å²) in [4.78, 5) is 0. The second kappa shape index (κ2) is 6.48. The molecule has 0 saturated carbocycles. The highest BCUT2D eigenvalue weighted by molar-refractivity contribution is 5.98. The van der Waals surface area contributed by atoms with Crippen LogP contribution in [0.1, 0.15) is 22.3 Å². The fourth-order valence-corrected chi connectivity index (χ4v) is 3.17. The van der Waals surface area contributed by atoms with Gasteiger partial charge in [0.1, 0.15) is 29.6 Å². The van der Waals surface area contributed by atoms with E-state index in [1.807, 2.05) is 42.5 Å². The maximum Gasteiger partial charge on any atom is 0.135 e. The highest BCUT2D eigenvalue weighted by atomic mass is 16.5. The monoisotopic (exact) mass is 346 g/mol. The normalized spacial score (nSPS) is 13.1. The first-order chi connectivity index (χ1) is 12.7. The summed E-state index contributed by atoms with van der Waals surface area (Å²) < 4.78 is 11.3. The number of aromatic hydroxyl groups is 2. The quantitative estimate of drug-likeness (QED) is 0.730. The molecule has 0 spiro atoms. The van der Waals surface area contributed by atoms with Gasteiger partial charge >= 0.3 is 0 Å². The lowest BCUT2D eigenvalue weighted by Gasteiger charge is -2.25. The zero-order chi connectivity index (χ0) is 18.1. The van der Waals surface area contributed by atoms with Gasteiger partial charge in [-0.2, -0.15) is 0 Å². The number of phenolic OH excluding ortho intramolecular Hbond substituents is 2. The van der Waals surface area contributed by atoms with Crippen molar-refractivity contribution in [1.82, 2.24) is 0 Å². The molecule has 0 amide bonds. The van der Waals surface area contributed by atoms with Crippen LogP contribution in [-0.2, 0) is 11.3 Å². The van der Waals surface area contributed by atoms with Crippen LogP contribution in [0.3, 0.4) is 0 Å². The smallest absolute Gasteiger partial charge is 0.135 e. The second-order valence-corrected chi connectivity index (χ2v) is 6.11. The van der Waals surface area contributed by atoms with Crippen molar-refractivity contribution in [3.63, 3.8) is 0 Å². The van der Waals surface area contributed by atoms with E-state index in [0.717, 1.165) is 39.3 Å². The first-order valence-corrected chi connectivity index (χ1v) is 8.29. The van der Waals surface area contributed by atoms with Crippen LogP contribution in [0.4, 0.5) is 0 Å². The number of phenols is 2. The Morgan fingerprint density at radius 1 is 0.808 bits per heavy atom. The van der Waals surface area contributed by atoms with Crippen molar-refractivity contribution in [2.24, 2.45) is 0 Å². The van der Waals surface area contributed by atoms with Gasteiger partial charge in [0.2, 0.25) is 0 Å². The molecule has 2 N–H and O–H groups in total. The van der Waals surface area contributed by atoms with Crippen LogP contribution in [0.5, 0.6) is 17.2 Å². The average Bonchev–Trinajstić information content (AvgIpc) is 2.68. The lowest BCUT2D eigenvalue weighted by Crippen LogP contribution is -2.08. The SMILES string of the molecule is COc1ccc(C2=C(c3ccc(O)cc3)OCc3cc(O)ccc32)cc1. The first kappa shape index (κ1) is 16.1. The van der Waals surface area contributed by atoms with Gasteiger partial charge in [-0.15, -0.1) is 0 Å². The predicted molar refractivity (Wildman–Crippen MR) is 99.9 cm³/mol. The zero-order valence-corrected chi connectivity index (χ0v) is 14.3. The van der Waals surface area contributed by atoms with Crippen LogP contribution in [0, 0.1) is 0 Å². The van der Waals surface area contributed by atoms with E-state index in [1.165, 1.54) is 0 Å². The number of methoxy groups -OCH3 is 1. The van der Waals surface area contributed by atoms with Gasteiger partial charge < -0.3 is 19.7 Å². The minimum atomic E-state index is 0.210. The van der Waals surface area contributed by atoms with E-state index < -0.39 is 0 Å². The Balaban J connectivity index is 1.94. The third-order valence-electron chi connectivity index (χ3n) is 4.47. The zero-order valence-electron chi connectivity index (χ0n) is 14.3. The molecule has 0 aliphatic carbocycles. The average molecular weight is 346 g/mol. The van der Waals surface area contributed by atoms with Crippen molar-refractivity contribution in [2.45, 2.75) is 6.61 Å². The van der Waals surface area contributed by atoms with Crippen molar-refractivity contribution in [3.05, 3.63) is 89.0 Å². The van der Waals surface area contributed by atoms with Gasteiger partial charge in [-0.25, -0.2) is 0 Å². The molecule has 4 heteroatoms. The Labute approximate surface area is 151 Å². The summed E-state index contributed by atoms with van der Waals surface area (Å²) >= 11 is 0. The van der Waals surface area contributed by atoms with Gasteiger partial charge in [0.05, 0.1) is 7.11 Å². The number of hydrogen-bond acceptors (Lipinski definition) is 4. The van der Waals surface area contributed by atoms with E-state index in [-0.39, 0.29) is 11.5 Å². The van der Waals surface area contributed by atoms with Gasteiger partial charge in [-0.3, -0.25) is 0 Å². The highest BCUT2D eigenvalue weighted by Crippen LogP contribution is 2.40. The Kier molecular flexibility index (Phi) is 4.01. The Hall–Kier alpha value is -3.40. The van der Waals surface area contributed by atoms with Crippen molar-refractivity contribution in [1.29, 1.82) is 0 Å². The fraction of sp³-hybridized carbons (Fsp3) is 0.0909. The summed E-state index contributed by atoms with van der Waals surface area (Å²) in [6.07, 6.45) is 0. The molecule has 0 aromatic heterocycles. The molecule has 4 nitrogen and oxygen atoms in total. The van der Waals surface area contributed by atoms with E-state index >= 15 is 0 Å². The largest absolute Gasteiger partial charge is 0.508 e. The van der Waals surface area contributed by atoms with Crippen LogP contribution < -0.4 is 4.74 Å². The maximum absolute atomic E-state index is 9.81. The topological polar surface area (TPSA) is 58.9 Å². The Morgan fingerprint density at radius 2 is 1.46 bits per heavy atom. The van der Waals surface area contributed by atoms with Gasteiger partial charge in [0.25, 0.3) is 0 Å². The third-order valence-corrected chi connectivity index (χ3v) is 4.47. The van der Waals surface area contributed by atoms with E-state index in [2.05, 4.69) is 0 Å². The molecule has 0 saturated heterocycles. The number of ether oxygens (including phenoxy) is 2. The molecule has 26 heavy (non-hydrogen) atoms. The summed E-state index contributed by atoms with van der Waals surface area (Å²) in [5.41, 5.74) is 4.76. The van der Waals surface area contributed by atoms with E-state index in [0.29, 0.717) is 6.61 Å². The number of benzene rings is 3. The minimum absolute atomic E-state index is 0.210. The van der Waals surface area contributed by atoms with Gasteiger partial charge in [0, 0.05) is 16.7 Å². The molecule has 3 aromatic rings. The van der Waals surface area contributed by atoms with Gasteiger partial charge in [-0.05, 0) is 59.7 Å². The van der Waals surface area contributed by atoms with Gasteiger partial charge in [0.15, 0.2) is 0 Å². The molecule has 3 aromatic carbocycles. The standard InChI is InChI=1S/C22H18O4/c1-25-19-9-4-14(5-10-19)21-20-11-8-18(24)12-16(20)13-26-22(21)15-2-6-17(23)7-3-15/h2-12,23-24H,13H2,1H3. The summed E-state index contributed by atoms with van der Waals surface area (Å²) in [5, 5.41) is 19.4. The third kappa shape index (κ3) is 2.86. The number of rotatable bonds is 3. The summed E-state index contributed by atoms with van der Waals surface area (Å²) in [5.74, 6) is 1.95. The Bertz CT molecular complexity index is 970. The van der Waals surface area contributed by atoms with Crippen molar-refractivity contribution < 1.29 is 19.7 Å². The molecular formula is C22H18O4. The van der Waals surface area contributed by atoms with Crippen molar-refractivity contribution in [2.75, 3.05) is 7.11 Å². The van der Waals surface area contributed by atoms with E-state index in [1.54, 1.807) is 31.4 Å². The highest BCUT2D eigenvalue weighted by Gasteiger charge is 2.23. The fourth-order valence-electron chi connectivity index (χ4n) is 3.17. The molecule has 4 rings (SSSR count). The molecule has 130 valence electrons. The molecule has 0 atom stereocenters. The molecule has 1 aliphatic rings. The number of fused-ring (bicyclic) bond motifs is 1. The molecule has 0 fully saturated rings. The van der Waals surface area contributed by atoms with Crippen LogP contribution in [-0.4, -0.2) is 17.3 Å². The number of hydrogen-bond donors (Lipinski definition) is 2. The molecule has 0 radical (unpaired) electrons. The molecule has 0 bridgehead atoms. The van der Waals surface area contributed by atoms with Crippen LogP contribution in [0.2, 0.25) is 0 Å². The van der Waals surface area contributed by atoms with Crippen molar-refractivity contribution in [3.8, 4) is 17.2 Å². The van der Waals surface area contributed by atoms with Crippen LogP contribution in [0.15, 0.2) is 66.7 Å². The molecule has 1 heterocycles. The molecule has 0 unspecified atom stereocenters. The second-order valence-electron chi connectivity index (χ2n) is 6.11. The summed E-state index contributed by atoms with van der Waals surface area (Å²) in [7, 11) is 1.64. The lowest BCUT2D eigenvalue weighted by molar-refractivity contribution is 0.260. The summed E-state index contributed by atoms with van der Waals surface area (Å²) in [6.45, 7) is 0.375. The maximum atomic E-state index is 9.81. The van der Waals surface area contributed by atoms with E-state index in [4.69, 9.17) is 9.47 Å². The van der Waals surface area contributed by atoms with Crippen LogP contribution >= 0.6 is 0 Å². The molecular weight excluding hydrogens is 328 g/mol.